The SMILES string of the molecule is Cc1ccc(NC(=O)C2(C#N)CCCC2)c(C)c1. The average Bonchev–Trinajstić information content (AvgIpc) is 2.82. The van der Waals surface area contributed by atoms with Gasteiger partial charge in [0.05, 0.1) is 6.07 Å². The molecule has 0 bridgehead atoms. The van der Waals surface area contributed by atoms with Crippen LogP contribution >= 0.6 is 0 Å². The van der Waals surface area contributed by atoms with E-state index in [-0.39, 0.29) is 5.91 Å². The summed E-state index contributed by atoms with van der Waals surface area (Å²) < 4.78 is 0. The van der Waals surface area contributed by atoms with Crippen molar-refractivity contribution in [3.63, 3.8) is 0 Å². The fourth-order valence-corrected chi connectivity index (χ4v) is 2.56. The standard InChI is InChI=1S/C15H18N2O/c1-11-5-6-13(12(2)9-11)17-14(18)15(10-16)7-3-4-8-15/h5-6,9H,3-4,7-8H2,1-2H3,(H,17,18). The van der Waals surface area contributed by atoms with Crippen LogP contribution in [-0.4, -0.2) is 5.91 Å². The molecular formula is C15H18N2O. The molecule has 0 aliphatic heterocycles. The lowest BCUT2D eigenvalue weighted by molar-refractivity contribution is -0.122. The summed E-state index contributed by atoms with van der Waals surface area (Å²) in [5.74, 6) is -0.144. The first-order chi connectivity index (χ1) is 8.57. The van der Waals surface area contributed by atoms with Gasteiger partial charge in [-0.1, -0.05) is 30.5 Å². The van der Waals surface area contributed by atoms with Crippen LogP contribution in [0.1, 0.15) is 36.8 Å². The molecule has 1 aromatic rings. The Morgan fingerprint density at radius 3 is 2.56 bits per heavy atom. The number of rotatable bonds is 2. The molecule has 0 aromatic heterocycles. The number of hydrogen-bond acceptors (Lipinski definition) is 2. The molecule has 0 radical (unpaired) electrons. The lowest BCUT2D eigenvalue weighted by Gasteiger charge is -2.20. The molecule has 0 atom stereocenters. The monoisotopic (exact) mass is 242 g/mol. The van der Waals surface area contributed by atoms with Crippen LogP contribution in [0.15, 0.2) is 18.2 Å². The number of carbonyl (C=O) groups excluding carboxylic acids is 1. The van der Waals surface area contributed by atoms with E-state index >= 15 is 0 Å². The van der Waals surface area contributed by atoms with Crippen molar-refractivity contribution in [3.8, 4) is 6.07 Å². The molecule has 1 aromatic carbocycles. The Morgan fingerprint density at radius 2 is 2.00 bits per heavy atom. The van der Waals surface area contributed by atoms with Gasteiger partial charge < -0.3 is 5.32 Å². The van der Waals surface area contributed by atoms with Gasteiger partial charge in [-0.15, -0.1) is 0 Å². The van der Waals surface area contributed by atoms with Crippen molar-refractivity contribution in [1.29, 1.82) is 5.26 Å². The second kappa shape index (κ2) is 4.81. The van der Waals surface area contributed by atoms with Crippen molar-refractivity contribution >= 4 is 11.6 Å². The quantitative estimate of drug-likeness (QED) is 0.864. The third-order valence-electron chi connectivity index (χ3n) is 3.74. The molecule has 0 heterocycles. The van der Waals surface area contributed by atoms with Crippen molar-refractivity contribution in [2.75, 3.05) is 5.32 Å². The number of benzene rings is 1. The van der Waals surface area contributed by atoms with E-state index in [0.29, 0.717) is 12.8 Å². The van der Waals surface area contributed by atoms with Crippen LogP contribution in [-0.2, 0) is 4.79 Å². The van der Waals surface area contributed by atoms with E-state index in [4.69, 9.17) is 0 Å². The van der Waals surface area contributed by atoms with E-state index in [0.717, 1.165) is 24.1 Å². The van der Waals surface area contributed by atoms with Gasteiger partial charge in [0.2, 0.25) is 5.91 Å². The van der Waals surface area contributed by atoms with Gasteiger partial charge in [0.25, 0.3) is 0 Å². The zero-order valence-electron chi connectivity index (χ0n) is 10.9. The van der Waals surface area contributed by atoms with Crippen molar-refractivity contribution < 1.29 is 4.79 Å². The molecule has 1 N–H and O–H groups in total. The molecule has 94 valence electrons. The molecule has 1 aliphatic carbocycles. The first-order valence-electron chi connectivity index (χ1n) is 6.37. The largest absolute Gasteiger partial charge is 0.324 e. The van der Waals surface area contributed by atoms with Crippen molar-refractivity contribution in [2.24, 2.45) is 5.41 Å². The van der Waals surface area contributed by atoms with Crippen molar-refractivity contribution in [3.05, 3.63) is 29.3 Å². The molecule has 3 heteroatoms. The minimum absolute atomic E-state index is 0.144. The summed E-state index contributed by atoms with van der Waals surface area (Å²) in [5, 5.41) is 12.2. The topological polar surface area (TPSA) is 52.9 Å². The molecule has 18 heavy (non-hydrogen) atoms. The fraction of sp³-hybridized carbons (Fsp3) is 0.467. The molecule has 2 rings (SSSR count). The summed E-state index contributed by atoms with van der Waals surface area (Å²) in [7, 11) is 0. The summed E-state index contributed by atoms with van der Waals surface area (Å²) in [6, 6.07) is 8.12. The molecule has 1 amide bonds. The molecule has 1 aliphatic rings. The number of amides is 1. The normalized spacial score (nSPS) is 17.2. The van der Waals surface area contributed by atoms with Crippen LogP contribution in [0.5, 0.6) is 0 Å². The summed E-state index contributed by atoms with van der Waals surface area (Å²) in [5.41, 5.74) is 2.21. The van der Waals surface area contributed by atoms with Gasteiger partial charge in [-0.25, -0.2) is 0 Å². The highest BCUT2D eigenvalue weighted by Gasteiger charge is 2.41. The third kappa shape index (κ3) is 2.24. The summed E-state index contributed by atoms with van der Waals surface area (Å²) >= 11 is 0. The van der Waals surface area contributed by atoms with Gasteiger partial charge in [0, 0.05) is 5.69 Å². The molecule has 3 nitrogen and oxygen atoms in total. The maximum atomic E-state index is 12.3. The highest BCUT2D eigenvalue weighted by molar-refractivity contribution is 5.98. The number of anilines is 1. The number of nitrogens with zero attached hydrogens (tertiary/aromatic N) is 1. The number of aryl methyl sites for hydroxylation is 2. The Bertz CT molecular complexity index is 508. The van der Waals surface area contributed by atoms with Crippen LogP contribution in [0.4, 0.5) is 5.69 Å². The van der Waals surface area contributed by atoms with Crippen LogP contribution in [0.2, 0.25) is 0 Å². The first kappa shape index (κ1) is 12.6. The maximum absolute atomic E-state index is 12.3. The molecule has 0 saturated heterocycles. The van der Waals surface area contributed by atoms with Crippen molar-refractivity contribution in [2.45, 2.75) is 39.5 Å². The number of carbonyl (C=O) groups is 1. The molecule has 0 unspecified atom stereocenters. The van der Waals surface area contributed by atoms with Crippen molar-refractivity contribution in [1.82, 2.24) is 0 Å². The zero-order valence-corrected chi connectivity index (χ0v) is 10.9. The molecular weight excluding hydrogens is 224 g/mol. The number of nitrogens with one attached hydrogen (secondary N) is 1. The van der Waals surface area contributed by atoms with E-state index in [2.05, 4.69) is 11.4 Å². The Labute approximate surface area is 108 Å². The summed E-state index contributed by atoms with van der Waals surface area (Å²) in [4.78, 5) is 12.3. The number of hydrogen-bond donors (Lipinski definition) is 1. The number of nitriles is 1. The Hall–Kier alpha value is -1.82. The minimum atomic E-state index is -0.808. The van der Waals surface area contributed by atoms with Gasteiger partial charge in [-0.2, -0.15) is 5.26 Å². The summed E-state index contributed by atoms with van der Waals surface area (Å²) in [6.07, 6.45) is 3.29. The van der Waals surface area contributed by atoms with Gasteiger partial charge in [-0.05, 0) is 38.3 Å². The van der Waals surface area contributed by atoms with Gasteiger partial charge in [0.1, 0.15) is 5.41 Å². The predicted octanol–water partition coefficient (Wildman–Crippen LogP) is 3.33. The zero-order chi connectivity index (χ0) is 13.2. The second-order valence-corrected chi connectivity index (χ2v) is 5.17. The van der Waals surface area contributed by atoms with Gasteiger partial charge >= 0.3 is 0 Å². The third-order valence-corrected chi connectivity index (χ3v) is 3.74. The molecule has 0 spiro atoms. The Kier molecular flexibility index (Phi) is 3.38. The van der Waals surface area contributed by atoms with Crippen LogP contribution in [0, 0.1) is 30.6 Å². The van der Waals surface area contributed by atoms with E-state index in [1.165, 1.54) is 5.56 Å². The maximum Gasteiger partial charge on any atom is 0.244 e. The molecule has 1 saturated carbocycles. The van der Waals surface area contributed by atoms with Crippen LogP contribution in [0.25, 0.3) is 0 Å². The van der Waals surface area contributed by atoms with Crippen LogP contribution in [0.3, 0.4) is 0 Å². The smallest absolute Gasteiger partial charge is 0.244 e. The van der Waals surface area contributed by atoms with E-state index in [1.807, 2.05) is 32.0 Å². The van der Waals surface area contributed by atoms with E-state index in [1.54, 1.807) is 0 Å². The molecule has 1 fully saturated rings. The first-order valence-corrected chi connectivity index (χ1v) is 6.37. The highest BCUT2D eigenvalue weighted by atomic mass is 16.2. The van der Waals surface area contributed by atoms with E-state index in [9.17, 15) is 10.1 Å². The van der Waals surface area contributed by atoms with Gasteiger partial charge in [-0.3, -0.25) is 4.79 Å². The Morgan fingerprint density at radius 1 is 1.33 bits per heavy atom. The average molecular weight is 242 g/mol. The lowest BCUT2D eigenvalue weighted by Crippen LogP contribution is -2.32. The van der Waals surface area contributed by atoms with E-state index < -0.39 is 5.41 Å². The van der Waals surface area contributed by atoms with Crippen LogP contribution < -0.4 is 5.32 Å². The lowest BCUT2D eigenvalue weighted by atomic mass is 9.87. The second-order valence-electron chi connectivity index (χ2n) is 5.17. The summed E-state index contributed by atoms with van der Waals surface area (Å²) in [6.45, 7) is 3.99. The predicted molar refractivity (Wildman–Crippen MR) is 71.1 cm³/mol. The highest BCUT2D eigenvalue weighted by Crippen LogP contribution is 2.38. The van der Waals surface area contributed by atoms with Gasteiger partial charge in [0.15, 0.2) is 0 Å². The fourth-order valence-electron chi connectivity index (χ4n) is 2.56. The minimum Gasteiger partial charge on any atom is -0.324 e. The Balaban J connectivity index is 2.19.